The number of benzene rings is 4. The number of esters is 2. The highest BCUT2D eigenvalue weighted by molar-refractivity contribution is 6.16. The van der Waals surface area contributed by atoms with Gasteiger partial charge in [0.1, 0.15) is 47.3 Å². The van der Waals surface area contributed by atoms with Gasteiger partial charge in [-0.25, -0.2) is 9.59 Å². The Morgan fingerprint density at radius 3 is 1.31 bits per heavy atom. The molecule has 36 heavy (non-hydrogen) atoms. The van der Waals surface area contributed by atoms with Gasteiger partial charge >= 0.3 is 11.9 Å². The SMILES string of the molecule is COC(=O)c1c(C(=O)OC)c(O)c2c(OCc3ccccc3)ccc(OCc3ccccc3)c2c1O. The average Bonchev–Trinajstić information content (AvgIpc) is 2.92. The lowest BCUT2D eigenvalue weighted by atomic mass is 9.96. The first-order chi connectivity index (χ1) is 17.5. The smallest absolute Gasteiger partial charge is 0.342 e. The first kappa shape index (κ1) is 24.4. The Bertz CT molecular complexity index is 1290. The maximum atomic E-state index is 12.6. The van der Waals surface area contributed by atoms with Crippen molar-refractivity contribution in [1.29, 1.82) is 0 Å². The number of phenolic OH excluding ortho intramolecular Hbond substituents is 2. The number of aromatic hydroxyl groups is 2. The molecule has 0 radical (unpaired) electrons. The maximum absolute atomic E-state index is 12.6. The molecule has 0 heterocycles. The molecule has 0 aliphatic heterocycles. The molecule has 0 amide bonds. The lowest BCUT2D eigenvalue weighted by molar-refractivity contribution is 0.0549. The minimum atomic E-state index is -1.03. The maximum Gasteiger partial charge on any atom is 0.342 e. The van der Waals surface area contributed by atoms with Crippen LogP contribution in [0.25, 0.3) is 10.8 Å². The largest absolute Gasteiger partial charge is 0.506 e. The van der Waals surface area contributed by atoms with Crippen LogP contribution in [0, 0.1) is 0 Å². The van der Waals surface area contributed by atoms with Gasteiger partial charge in [-0.05, 0) is 23.3 Å². The first-order valence-corrected chi connectivity index (χ1v) is 11.0. The van der Waals surface area contributed by atoms with Gasteiger partial charge in [-0.3, -0.25) is 0 Å². The average molecular weight is 488 g/mol. The number of ether oxygens (including phenoxy) is 4. The van der Waals surface area contributed by atoms with Crippen LogP contribution < -0.4 is 9.47 Å². The molecule has 184 valence electrons. The number of fused-ring (bicyclic) bond motifs is 1. The summed E-state index contributed by atoms with van der Waals surface area (Å²) < 4.78 is 21.5. The van der Waals surface area contributed by atoms with E-state index in [1.807, 2.05) is 60.7 Å². The summed E-state index contributed by atoms with van der Waals surface area (Å²) in [5.74, 6) is -2.96. The van der Waals surface area contributed by atoms with Crippen molar-refractivity contribution in [1.82, 2.24) is 0 Å². The third kappa shape index (κ3) is 4.74. The molecule has 2 N–H and O–H groups in total. The van der Waals surface area contributed by atoms with E-state index in [-0.39, 0.29) is 35.5 Å². The van der Waals surface area contributed by atoms with Crippen LogP contribution in [0.2, 0.25) is 0 Å². The van der Waals surface area contributed by atoms with Gasteiger partial charge in [-0.15, -0.1) is 0 Å². The molecule has 0 atom stereocenters. The first-order valence-electron chi connectivity index (χ1n) is 11.0. The molecule has 0 unspecified atom stereocenters. The van der Waals surface area contributed by atoms with Gasteiger partial charge in [0, 0.05) is 0 Å². The summed E-state index contributed by atoms with van der Waals surface area (Å²) in [6.07, 6.45) is 0. The fourth-order valence-electron chi connectivity index (χ4n) is 3.83. The fourth-order valence-corrected chi connectivity index (χ4v) is 3.83. The second kappa shape index (κ2) is 10.7. The number of rotatable bonds is 8. The predicted molar refractivity (Wildman–Crippen MR) is 132 cm³/mol. The van der Waals surface area contributed by atoms with Gasteiger partial charge < -0.3 is 29.2 Å². The summed E-state index contributed by atoms with van der Waals surface area (Å²) in [6, 6.07) is 21.8. The molecule has 8 heteroatoms. The van der Waals surface area contributed by atoms with Gasteiger partial charge in [0.05, 0.1) is 25.0 Å². The monoisotopic (exact) mass is 488 g/mol. The lowest BCUT2D eigenvalue weighted by Crippen LogP contribution is -2.13. The van der Waals surface area contributed by atoms with E-state index in [1.54, 1.807) is 12.1 Å². The van der Waals surface area contributed by atoms with Gasteiger partial charge in [0.15, 0.2) is 0 Å². The van der Waals surface area contributed by atoms with E-state index < -0.39 is 34.6 Å². The standard InChI is InChI=1S/C28H24O8/c1-33-27(31)23-24(28(32)34-2)26(30)22-20(36-16-18-11-7-4-8-12-18)14-13-19(21(22)25(23)29)35-15-17-9-5-3-6-10-17/h3-14,29-30H,15-16H2,1-2H3. The van der Waals surface area contributed by atoms with Gasteiger partial charge in [0.2, 0.25) is 0 Å². The topological polar surface area (TPSA) is 112 Å². The number of carbonyl (C=O) groups is 2. The summed E-state index contributed by atoms with van der Waals surface area (Å²) in [5.41, 5.74) is 0.634. The van der Waals surface area contributed by atoms with Crippen molar-refractivity contribution in [3.63, 3.8) is 0 Å². The minimum Gasteiger partial charge on any atom is -0.506 e. The van der Waals surface area contributed by atoms with Crippen molar-refractivity contribution in [2.45, 2.75) is 13.2 Å². The Kier molecular flexibility index (Phi) is 7.25. The molecule has 0 spiro atoms. The summed E-state index contributed by atoms with van der Waals surface area (Å²) in [6.45, 7) is 0.291. The number of hydrogen-bond donors (Lipinski definition) is 2. The van der Waals surface area contributed by atoms with Crippen LogP contribution in [0.1, 0.15) is 31.8 Å². The molecule has 0 saturated heterocycles. The zero-order valence-corrected chi connectivity index (χ0v) is 19.7. The van der Waals surface area contributed by atoms with E-state index >= 15 is 0 Å². The fraction of sp³-hybridized carbons (Fsp3) is 0.143. The molecule has 4 aromatic carbocycles. The van der Waals surface area contributed by atoms with Crippen LogP contribution in [-0.2, 0) is 22.7 Å². The van der Waals surface area contributed by atoms with Crippen LogP contribution in [0.4, 0.5) is 0 Å². The molecule has 0 aliphatic rings. The number of carbonyl (C=O) groups excluding carboxylic acids is 2. The summed E-state index contributed by atoms with van der Waals surface area (Å²) in [7, 11) is 2.19. The van der Waals surface area contributed by atoms with Crippen molar-refractivity contribution >= 4 is 22.7 Å². The van der Waals surface area contributed by atoms with Crippen LogP contribution in [-0.4, -0.2) is 36.4 Å². The Balaban J connectivity index is 1.92. The Labute approximate surface area is 207 Å². The Hall–Kier alpha value is -4.72. The zero-order chi connectivity index (χ0) is 25.7. The second-order valence-electron chi connectivity index (χ2n) is 7.79. The molecule has 4 rings (SSSR count). The molecule has 0 fully saturated rings. The van der Waals surface area contributed by atoms with Crippen LogP contribution in [0.3, 0.4) is 0 Å². The number of methoxy groups -OCH3 is 2. The van der Waals surface area contributed by atoms with Crippen molar-refractivity contribution < 1.29 is 38.7 Å². The van der Waals surface area contributed by atoms with Crippen LogP contribution in [0.15, 0.2) is 72.8 Å². The third-order valence-corrected chi connectivity index (χ3v) is 5.58. The highest BCUT2D eigenvalue weighted by atomic mass is 16.5. The minimum absolute atomic E-state index is 0.0120. The van der Waals surface area contributed by atoms with E-state index in [2.05, 4.69) is 0 Å². The van der Waals surface area contributed by atoms with Crippen LogP contribution >= 0.6 is 0 Å². The Morgan fingerprint density at radius 2 is 0.972 bits per heavy atom. The third-order valence-electron chi connectivity index (χ3n) is 5.58. The molecular weight excluding hydrogens is 464 g/mol. The lowest BCUT2D eigenvalue weighted by Gasteiger charge is -2.19. The van der Waals surface area contributed by atoms with Crippen molar-refractivity contribution in [3.8, 4) is 23.0 Å². The zero-order valence-electron chi connectivity index (χ0n) is 19.7. The number of hydrogen-bond acceptors (Lipinski definition) is 8. The van der Waals surface area contributed by atoms with Crippen molar-refractivity contribution in [2.75, 3.05) is 14.2 Å². The van der Waals surface area contributed by atoms with Gasteiger partial charge in [-0.2, -0.15) is 0 Å². The molecule has 0 aromatic heterocycles. The van der Waals surface area contributed by atoms with E-state index in [0.29, 0.717) is 0 Å². The second-order valence-corrected chi connectivity index (χ2v) is 7.79. The quantitative estimate of drug-likeness (QED) is 0.264. The normalized spacial score (nSPS) is 10.6. The van der Waals surface area contributed by atoms with Crippen molar-refractivity contribution in [3.05, 3.63) is 95.1 Å². The number of phenols is 2. The van der Waals surface area contributed by atoms with Crippen molar-refractivity contribution in [2.24, 2.45) is 0 Å². The van der Waals surface area contributed by atoms with Crippen LogP contribution in [0.5, 0.6) is 23.0 Å². The molecule has 8 nitrogen and oxygen atoms in total. The summed E-state index contributed by atoms with van der Waals surface area (Å²) in [4.78, 5) is 25.2. The summed E-state index contributed by atoms with van der Waals surface area (Å²) in [5, 5.41) is 22.4. The molecule has 4 aromatic rings. The van der Waals surface area contributed by atoms with E-state index in [9.17, 15) is 19.8 Å². The van der Waals surface area contributed by atoms with E-state index in [0.717, 1.165) is 25.3 Å². The van der Waals surface area contributed by atoms with Gasteiger partial charge in [-0.1, -0.05) is 60.7 Å². The molecular formula is C28H24O8. The van der Waals surface area contributed by atoms with E-state index in [1.165, 1.54) is 0 Å². The van der Waals surface area contributed by atoms with Gasteiger partial charge in [0.25, 0.3) is 0 Å². The highest BCUT2D eigenvalue weighted by Crippen LogP contribution is 2.48. The highest BCUT2D eigenvalue weighted by Gasteiger charge is 2.32. The van der Waals surface area contributed by atoms with E-state index in [4.69, 9.17) is 18.9 Å². The Morgan fingerprint density at radius 1 is 0.611 bits per heavy atom. The summed E-state index contributed by atoms with van der Waals surface area (Å²) >= 11 is 0. The molecule has 0 aliphatic carbocycles. The predicted octanol–water partition coefficient (Wildman–Crippen LogP) is 4.98. The molecule has 0 bridgehead atoms. The molecule has 0 saturated carbocycles.